The fourth-order valence-corrected chi connectivity index (χ4v) is 6.80. The van der Waals surface area contributed by atoms with Gasteiger partial charge in [-0.2, -0.15) is 0 Å². The number of aryl methyl sites for hydroxylation is 2. The number of esters is 1. The second-order valence-electron chi connectivity index (χ2n) is 11.8. The van der Waals surface area contributed by atoms with E-state index in [2.05, 4.69) is 0 Å². The molecule has 0 radical (unpaired) electrons. The van der Waals surface area contributed by atoms with E-state index in [1.165, 1.54) is 4.90 Å². The second-order valence-corrected chi connectivity index (χ2v) is 11.8. The fourth-order valence-electron chi connectivity index (χ4n) is 6.80. The highest BCUT2D eigenvalue weighted by Gasteiger charge is 2.72. The van der Waals surface area contributed by atoms with Crippen molar-refractivity contribution in [3.63, 3.8) is 0 Å². The SMILES string of the molecule is Cc1ccc(C)c(N2CC=C[C@]34O[C@@H]5/C=C\CCCCOC(=O)[C@@H]5[C@H]3C(=O)N([C@@H](CO)CC(C)C)C4C2=O)c1. The van der Waals surface area contributed by atoms with E-state index in [9.17, 15) is 19.5 Å². The molecule has 5 rings (SSSR count). The highest BCUT2D eigenvalue weighted by molar-refractivity contribution is 6.06. The molecule has 4 aliphatic rings. The van der Waals surface area contributed by atoms with E-state index in [1.807, 2.05) is 70.2 Å². The minimum Gasteiger partial charge on any atom is -0.465 e. The second kappa shape index (κ2) is 10.9. The van der Waals surface area contributed by atoms with Crippen molar-refractivity contribution in [2.24, 2.45) is 17.8 Å². The molecule has 8 heteroatoms. The average molecular weight is 537 g/mol. The third-order valence-electron chi connectivity index (χ3n) is 8.54. The van der Waals surface area contributed by atoms with Crippen molar-refractivity contribution in [3.8, 4) is 0 Å². The van der Waals surface area contributed by atoms with E-state index in [4.69, 9.17) is 9.47 Å². The van der Waals surface area contributed by atoms with Gasteiger partial charge in [-0.3, -0.25) is 14.4 Å². The molecule has 1 spiro atoms. The van der Waals surface area contributed by atoms with E-state index in [1.54, 1.807) is 4.90 Å². The molecule has 210 valence electrons. The van der Waals surface area contributed by atoms with Gasteiger partial charge in [0.1, 0.15) is 17.6 Å². The van der Waals surface area contributed by atoms with Crippen LogP contribution in [0, 0.1) is 31.6 Å². The van der Waals surface area contributed by atoms with Gasteiger partial charge in [-0.15, -0.1) is 0 Å². The molecule has 6 atom stereocenters. The quantitative estimate of drug-likeness (QED) is 0.457. The van der Waals surface area contributed by atoms with Gasteiger partial charge < -0.3 is 24.4 Å². The molecule has 8 nitrogen and oxygen atoms in total. The Balaban J connectivity index is 1.66. The fraction of sp³-hybridized carbons (Fsp3) is 0.581. The third kappa shape index (κ3) is 4.72. The number of rotatable bonds is 5. The van der Waals surface area contributed by atoms with Crippen molar-refractivity contribution in [3.05, 3.63) is 53.6 Å². The van der Waals surface area contributed by atoms with Crippen LogP contribution in [-0.4, -0.2) is 71.3 Å². The van der Waals surface area contributed by atoms with Crippen LogP contribution in [-0.2, 0) is 23.9 Å². The van der Waals surface area contributed by atoms with Gasteiger partial charge in [0.05, 0.1) is 31.3 Å². The van der Waals surface area contributed by atoms with Crippen molar-refractivity contribution in [2.75, 3.05) is 24.7 Å². The zero-order chi connectivity index (χ0) is 27.9. The number of amides is 2. The van der Waals surface area contributed by atoms with Crippen molar-refractivity contribution in [1.29, 1.82) is 0 Å². The molecule has 1 aromatic rings. The molecule has 1 unspecified atom stereocenters. The molecule has 0 saturated carbocycles. The molecule has 2 saturated heterocycles. The number of likely N-dealkylation sites (tertiary alicyclic amines) is 1. The Morgan fingerprint density at radius 2 is 1.90 bits per heavy atom. The lowest BCUT2D eigenvalue weighted by Gasteiger charge is -2.39. The number of ether oxygens (including phenoxy) is 2. The number of allylic oxidation sites excluding steroid dienone is 1. The number of aliphatic hydroxyl groups excluding tert-OH is 1. The monoisotopic (exact) mass is 536 g/mol. The maximum absolute atomic E-state index is 14.6. The average Bonchev–Trinajstić information content (AvgIpc) is 3.29. The molecule has 0 bridgehead atoms. The summed E-state index contributed by atoms with van der Waals surface area (Å²) in [6.07, 6.45) is 9.87. The van der Waals surface area contributed by atoms with Crippen LogP contribution < -0.4 is 4.90 Å². The summed E-state index contributed by atoms with van der Waals surface area (Å²) in [5, 5.41) is 10.5. The van der Waals surface area contributed by atoms with Crippen LogP contribution in [0.4, 0.5) is 5.69 Å². The Bertz CT molecular complexity index is 1190. The van der Waals surface area contributed by atoms with Gasteiger partial charge in [-0.05, 0) is 62.6 Å². The predicted molar refractivity (Wildman–Crippen MR) is 147 cm³/mol. The van der Waals surface area contributed by atoms with Gasteiger partial charge in [0.25, 0.3) is 5.91 Å². The Labute approximate surface area is 230 Å². The van der Waals surface area contributed by atoms with Gasteiger partial charge in [0.15, 0.2) is 0 Å². The summed E-state index contributed by atoms with van der Waals surface area (Å²) in [6, 6.07) is 4.35. The van der Waals surface area contributed by atoms with E-state index in [0.717, 1.165) is 36.1 Å². The summed E-state index contributed by atoms with van der Waals surface area (Å²) in [5.41, 5.74) is 1.39. The number of nitrogens with zero attached hydrogens (tertiary/aromatic N) is 2. The number of fused-ring (bicyclic) bond motifs is 2. The summed E-state index contributed by atoms with van der Waals surface area (Å²) in [6.45, 7) is 8.29. The molecular formula is C31H40N2O6. The first kappa shape index (κ1) is 27.6. The molecule has 1 N–H and O–H groups in total. The Morgan fingerprint density at radius 3 is 2.64 bits per heavy atom. The Morgan fingerprint density at radius 1 is 1.10 bits per heavy atom. The molecule has 0 aromatic heterocycles. The molecule has 39 heavy (non-hydrogen) atoms. The zero-order valence-electron chi connectivity index (χ0n) is 23.3. The third-order valence-corrected chi connectivity index (χ3v) is 8.54. The van der Waals surface area contributed by atoms with Crippen molar-refractivity contribution >= 4 is 23.5 Å². The summed E-state index contributed by atoms with van der Waals surface area (Å²) < 4.78 is 12.3. The molecular weight excluding hydrogens is 496 g/mol. The molecule has 1 aromatic carbocycles. The topological polar surface area (TPSA) is 96.4 Å². The van der Waals surface area contributed by atoms with Crippen LogP contribution in [0.2, 0.25) is 0 Å². The first-order chi connectivity index (χ1) is 18.7. The van der Waals surface area contributed by atoms with E-state index >= 15 is 0 Å². The zero-order valence-corrected chi connectivity index (χ0v) is 23.3. The summed E-state index contributed by atoms with van der Waals surface area (Å²) in [7, 11) is 0. The summed E-state index contributed by atoms with van der Waals surface area (Å²) in [4.78, 5) is 45.7. The number of hydrogen-bond donors (Lipinski definition) is 1. The minimum atomic E-state index is -1.35. The van der Waals surface area contributed by atoms with Crippen LogP contribution >= 0.6 is 0 Å². The number of cyclic esters (lactones) is 1. The smallest absolute Gasteiger partial charge is 0.312 e. The number of hydrogen-bond acceptors (Lipinski definition) is 6. The van der Waals surface area contributed by atoms with Crippen molar-refractivity contribution in [2.45, 2.75) is 77.2 Å². The highest BCUT2D eigenvalue weighted by atomic mass is 16.6. The van der Waals surface area contributed by atoms with Crippen LogP contribution in [0.25, 0.3) is 0 Å². The van der Waals surface area contributed by atoms with Crippen molar-refractivity contribution in [1.82, 2.24) is 4.90 Å². The maximum Gasteiger partial charge on any atom is 0.312 e. The number of carbonyl (C=O) groups excluding carboxylic acids is 3. The minimum absolute atomic E-state index is 0.174. The number of anilines is 1. The molecule has 4 heterocycles. The van der Waals surface area contributed by atoms with E-state index in [-0.39, 0.29) is 24.3 Å². The van der Waals surface area contributed by atoms with Gasteiger partial charge >= 0.3 is 5.97 Å². The van der Waals surface area contributed by atoms with Crippen LogP contribution in [0.15, 0.2) is 42.5 Å². The normalized spacial score (nSPS) is 32.4. The lowest BCUT2D eigenvalue weighted by atomic mass is 9.78. The molecule has 2 fully saturated rings. The van der Waals surface area contributed by atoms with Gasteiger partial charge in [-0.25, -0.2) is 0 Å². The Kier molecular flexibility index (Phi) is 7.71. The molecule has 4 aliphatic heterocycles. The highest BCUT2D eigenvalue weighted by Crippen LogP contribution is 2.54. The summed E-state index contributed by atoms with van der Waals surface area (Å²) >= 11 is 0. The van der Waals surface area contributed by atoms with Crippen molar-refractivity contribution < 1.29 is 29.0 Å². The standard InChI is InChI=1S/C31H40N2O6/c1-19(2)16-22(18-34)33-27-29(36)32(23-17-20(3)11-12-21(23)4)14-9-13-31(27)26(28(33)35)25-24(39-31)10-7-5-6-8-15-38-30(25)37/h7,9-13,17,19,22,24-27,34H,5-6,8,14-16,18H2,1-4H3/b10-7-/t22-,24-,25+,26+,27?,31+/m1/s1. The van der Waals surface area contributed by atoms with Crippen LogP contribution in [0.5, 0.6) is 0 Å². The number of carbonyl (C=O) groups is 3. The lowest BCUT2D eigenvalue weighted by Crippen LogP contribution is -2.58. The predicted octanol–water partition coefficient (Wildman–Crippen LogP) is 3.48. The molecule has 0 aliphatic carbocycles. The first-order valence-corrected chi connectivity index (χ1v) is 14.2. The Hall–Kier alpha value is -2.97. The largest absolute Gasteiger partial charge is 0.465 e. The van der Waals surface area contributed by atoms with Crippen LogP contribution in [0.3, 0.4) is 0 Å². The lowest BCUT2D eigenvalue weighted by molar-refractivity contribution is -0.155. The van der Waals surface area contributed by atoms with Gasteiger partial charge in [0, 0.05) is 12.2 Å². The van der Waals surface area contributed by atoms with E-state index < -0.39 is 41.6 Å². The van der Waals surface area contributed by atoms with Gasteiger partial charge in [-0.1, -0.05) is 50.3 Å². The van der Waals surface area contributed by atoms with Gasteiger partial charge in [0.2, 0.25) is 5.91 Å². The molecule has 2 amide bonds. The van der Waals surface area contributed by atoms with E-state index in [0.29, 0.717) is 19.6 Å². The first-order valence-electron chi connectivity index (χ1n) is 14.2. The number of benzene rings is 1. The summed E-state index contributed by atoms with van der Waals surface area (Å²) in [5.74, 6) is -2.70. The maximum atomic E-state index is 14.6. The number of aliphatic hydroxyl groups is 1. The van der Waals surface area contributed by atoms with Crippen LogP contribution in [0.1, 0.15) is 50.7 Å².